The third kappa shape index (κ3) is 3.38. The Balaban J connectivity index is 1.67. The summed E-state index contributed by atoms with van der Waals surface area (Å²) in [7, 11) is 0. The smallest absolute Gasteiger partial charge is 0.140 e. The van der Waals surface area contributed by atoms with Crippen molar-refractivity contribution in [3.8, 4) is 5.75 Å². The van der Waals surface area contributed by atoms with E-state index in [9.17, 15) is 0 Å². The zero-order valence-corrected chi connectivity index (χ0v) is 12.8. The van der Waals surface area contributed by atoms with E-state index in [4.69, 9.17) is 4.74 Å². The van der Waals surface area contributed by atoms with Crippen molar-refractivity contribution in [2.45, 2.75) is 45.9 Å². The van der Waals surface area contributed by atoms with E-state index in [2.05, 4.69) is 36.3 Å². The Hall–Kier alpha value is -1.39. The van der Waals surface area contributed by atoms with Crippen molar-refractivity contribution < 1.29 is 4.74 Å². The van der Waals surface area contributed by atoms with Crippen LogP contribution >= 0.6 is 11.3 Å². The number of aryl methyl sites for hydroxylation is 2. The third-order valence-electron chi connectivity index (χ3n) is 3.52. The highest BCUT2D eigenvalue weighted by Crippen LogP contribution is 2.27. The number of aromatic nitrogens is 1. The lowest BCUT2D eigenvalue weighted by Gasteiger charge is -2.13. The van der Waals surface area contributed by atoms with Crippen molar-refractivity contribution in [2.75, 3.05) is 0 Å². The Morgan fingerprint density at radius 2 is 2.05 bits per heavy atom. The van der Waals surface area contributed by atoms with E-state index in [1.165, 1.54) is 29.5 Å². The summed E-state index contributed by atoms with van der Waals surface area (Å²) in [6.07, 6.45) is 4.47. The monoisotopic (exact) mass is 288 g/mol. The van der Waals surface area contributed by atoms with Gasteiger partial charge in [-0.1, -0.05) is 12.1 Å². The molecule has 0 bridgehead atoms. The van der Waals surface area contributed by atoms with Crippen LogP contribution in [0.3, 0.4) is 0 Å². The van der Waals surface area contributed by atoms with Crippen molar-refractivity contribution >= 4 is 11.3 Å². The fraction of sp³-hybridized carbons (Fsp3) is 0.438. The highest BCUT2D eigenvalue weighted by Gasteiger charge is 2.20. The van der Waals surface area contributed by atoms with Gasteiger partial charge >= 0.3 is 0 Å². The van der Waals surface area contributed by atoms with E-state index >= 15 is 0 Å². The van der Waals surface area contributed by atoms with Gasteiger partial charge in [0.2, 0.25) is 0 Å². The second kappa shape index (κ2) is 5.94. The first-order valence-electron chi connectivity index (χ1n) is 7.07. The Morgan fingerprint density at radius 1 is 1.30 bits per heavy atom. The quantitative estimate of drug-likeness (QED) is 0.882. The molecule has 1 aromatic carbocycles. The standard InChI is InChI=1S/C16H20N2OS/c1-11-7-13(9-18-14-3-4-14)8-12(2)16(11)19-10-15-17-5-6-20-15/h5-8,14,18H,3-4,9-10H2,1-2H3. The molecule has 3 rings (SSSR count). The molecule has 0 radical (unpaired) electrons. The van der Waals surface area contributed by atoms with Gasteiger partial charge in [-0.25, -0.2) is 4.98 Å². The van der Waals surface area contributed by atoms with Crippen molar-refractivity contribution in [3.05, 3.63) is 45.4 Å². The van der Waals surface area contributed by atoms with Crippen molar-refractivity contribution in [1.82, 2.24) is 10.3 Å². The molecular weight excluding hydrogens is 268 g/mol. The van der Waals surface area contributed by atoms with E-state index in [0.717, 1.165) is 23.3 Å². The number of thiazole rings is 1. The third-order valence-corrected chi connectivity index (χ3v) is 4.27. The Morgan fingerprint density at radius 3 is 2.65 bits per heavy atom. The first-order chi connectivity index (χ1) is 9.72. The topological polar surface area (TPSA) is 34.1 Å². The molecule has 1 aliphatic rings. The van der Waals surface area contributed by atoms with Gasteiger partial charge in [0.25, 0.3) is 0 Å². The summed E-state index contributed by atoms with van der Waals surface area (Å²) in [4.78, 5) is 4.25. The molecule has 1 aromatic heterocycles. The fourth-order valence-electron chi connectivity index (χ4n) is 2.38. The van der Waals surface area contributed by atoms with Crippen LogP contribution in [0.15, 0.2) is 23.7 Å². The fourth-order valence-corrected chi connectivity index (χ4v) is 2.90. The van der Waals surface area contributed by atoms with Gasteiger partial charge in [-0.15, -0.1) is 11.3 Å². The maximum atomic E-state index is 5.93. The van der Waals surface area contributed by atoms with Crippen molar-refractivity contribution in [1.29, 1.82) is 0 Å². The second-order valence-electron chi connectivity index (χ2n) is 5.43. The Bertz CT molecular complexity index is 553. The molecule has 1 heterocycles. The molecule has 1 N–H and O–H groups in total. The van der Waals surface area contributed by atoms with Gasteiger partial charge in [0.15, 0.2) is 0 Å². The van der Waals surface area contributed by atoms with E-state index in [-0.39, 0.29) is 0 Å². The number of benzene rings is 1. The highest BCUT2D eigenvalue weighted by atomic mass is 32.1. The van der Waals surface area contributed by atoms with Crippen LogP contribution in [0.4, 0.5) is 0 Å². The first-order valence-corrected chi connectivity index (χ1v) is 7.95. The molecule has 2 aromatic rings. The summed E-state index contributed by atoms with van der Waals surface area (Å²) in [5, 5.41) is 6.55. The molecular formula is C16H20N2OS. The average molecular weight is 288 g/mol. The van der Waals surface area contributed by atoms with Crippen LogP contribution in [0, 0.1) is 13.8 Å². The van der Waals surface area contributed by atoms with Crippen molar-refractivity contribution in [2.24, 2.45) is 0 Å². The van der Waals surface area contributed by atoms with Crippen LogP contribution < -0.4 is 10.1 Å². The molecule has 1 aliphatic carbocycles. The predicted molar refractivity (Wildman–Crippen MR) is 82.2 cm³/mol. The van der Waals surface area contributed by atoms with Crippen LogP contribution in [0.2, 0.25) is 0 Å². The minimum Gasteiger partial charge on any atom is -0.486 e. The van der Waals surface area contributed by atoms with Crippen LogP contribution in [0.5, 0.6) is 5.75 Å². The second-order valence-corrected chi connectivity index (χ2v) is 6.41. The normalized spacial score (nSPS) is 14.5. The van der Waals surface area contributed by atoms with Crippen LogP contribution in [0.1, 0.15) is 34.5 Å². The summed E-state index contributed by atoms with van der Waals surface area (Å²) < 4.78 is 5.93. The minimum atomic E-state index is 0.555. The average Bonchev–Trinajstić information content (AvgIpc) is 3.10. The van der Waals surface area contributed by atoms with Crippen molar-refractivity contribution in [3.63, 3.8) is 0 Å². The molecule has 20 heavy (non-hydrogen) atoms. The van der Waals surface area contributed by atoms with Crippen LogP contribution in [-0.4, -0.2) is 11.0 Å². The summed E-state index contributed by atoms with van der Waals surface area (Å²) >= 11 is 1.63. The lowest BCUT2D eigenvalue weighted by atomic mass is 10.1. The molecule has 1 saturated carbocycles. The number of hydrogen-bond acceptors (Lipinski definition) is 4. The predicted octanol–water partition coefficient (Wildman–Crippen LogP) is 3.59. The molecule has 1 fully saturated rings. The number of hydrogen-bond donors (Lipinski definition) is 1. The highest BCUT2D eigenvalue weighted by molar-refractivity contribution is 7.09. The minimum absolute atomic E-state index is 0.555. The zero-order chi connectivity index (χ0) is 13.9. The molecule has 0 unspecified atom stereocenters. The van der Waals surface area contributed by atoms with Gasteiger partial charge in [0.05, 0.1) is 0 Å². The zero-order valence-electron chi connectivity index (χ0n) is 12.0. The number of ether oxygens (including phenoxy) is 1. The summed E-state index contributed by atoms with van der Waals surface area (Å²) in [6.45, 7) is 5.74. The number of nitrogens with one attached hydrogen (secondary N) is 1. The lowest BCUT2D eigenvalue weighted by Crippen LogP contribution is -2.15. The summed E-state index contributed by atoms with van der Waals surface area (Å²) in [6, 6.07) is 5.19. The molecule has 0 spiro atoms. The van der Waals surface area contributed by atoms with E-state index < -0.39 is 0 Å². The van der Waals surface area contributed by atoms with Crippen LogP contribution in [-0.2, 0) is 13.2 Å². The van der Waals surface area contributed by atoms with Gasteiger partial charge in [-0.3, -0.25) is 0 Å². The molecule has 0 atom stereocenters. The Labute approximate surface area is 124 Å². The SMILES string of the molecule is Cc1cc(CNC2CC2)cc(C)c1OCc1nccs1. The largest absolute Gasteiger partial charge is 0.486 e. The maximum Gasteiger partial charge on any atom is 0.140 e. The molecule has 3 nitrogen and oxygen atoms in total. The summed E-state index contributed by atoms with van der Waals surface area (Å²) in [5.74, 6) is 0.996. The van der Waals surface area contributed by atoms with E-state index in [1.54, 1.807) is 11.3 Å². The van der Waals surface area contributed by atoms with E-state index in [0.29, 0.717) is 6.61 Å². The molecule has 4 heteroatoms. The summed E-state index contributed by atoms with van der Waals surface area (Å²) in [5.41, 5.74) is 3.75. The van der Waals surface area contributed by atoms with Gasteiger partial charge in [0.1, 0.15) is 17.4 Å². The molecule has 0 saturated heterocycles. The molecule has 106 valence electrons. The van der Waals surface area contributed by atoms with E-state index in [1.807, 2.05) is 11.6 Å². The number of rotatable bonds is 6. The first kappa shape index (κ1) is 13.6. The lowest BCUT2D eigenvalue weighted by molar-refractivity contribution is 0.301. The van der Waals surface area contributed by atoms with Gasteiger partial charge in [-0.2, -0.15) is 0 Å². The number of nitrogens with zero attached hydrogens (tertiary/aromatic N) is 1. The van der Waals surface area contributed by atoms with Gasteiger partial charge in [0, 0.05) is 24.2 Å². The maximum absolute atomic E-state index is 5.93. The van der Waals surface area contributed by atoms with Gasteiger partial charge < -0.3 is 10.1 Å². The molecule has 0 amide bonds. The molecule has 0 aliphatic heterocycles. The Kier molecular flexibility index (Phi) is 4.03. The van der Waals surface area contributed by atoms with Gasteiger partial charge in [-0.05, 0) is 43.4 Å². The van der Waals surface area contributed by atoms with Crippen LogP contribution in [0.25, 0.3) is 0 Å².